The molecule has 1 rings (SSSR count). The Morgan fingerprint density at radius 3 is 2.41 bits per heavy atom. The standard InChI is InChI=1S/C12H22N2O3/c1-3-6-13-10(15)9-14-7-4-12(2,5-8-14)11(16)17/h3-9H2,1-2H3,(H,13,15)(H,16,17). The molecule has 1 fully saturated rings. The van der Waals surface area contributed by atoms with E-state index < -0.39 is 11.4 Å². The number of amides is 1. The van der Waals surface area contributed by atoms with Gasteiger partial charge >= 0.3 is 5.97 Å². The van der Waals surface area contributed by atoms with Crippen LogP contribution in [-0.4, -0.2) is 48.1 Å². The van der Waals surface area contributed by atoms with E-state index in [1.165, 1.54) is 0 Å². The Morgan fingerprint density at radius 1 is 1.35 bits per heavy atom. The number of rotatable bonds is 5. The lowest BCUT2D eigenvalue weighted by molar-refractivity contribution is -0.150. The maximum atomic E-state index is 11.5. The molecule has 0 radical (unpaired) electrons. The molecule has 0 saturated carbocycles. The van der Waals surface area contributed by atoms with Crippen LogP contribution in [0.2, 0.25) is 0 Å². The summed E-state index contributed by atoms with van der Waals surface area (Å²) in [7, 11) is 0. The molecule has 2 N–H and O–H groups in total. The maximum Gasteiger partial charge on any atom is 0.309 e. The van der Waals surface area contributed by atoms with Crippen molar-refractivity contribution in [1.29, 1.82) is 0 Å². The summed E-state index contributed by atoms with van der Waals surface area (Å²) >= 11 is 0. The Bertz CT molecular complexity index is 283. The van der Waals surface area contributed by atoms with Crippen LogP contribution in [0.3, 0.4) is 0 Å². The molecule has 0 unspecified atom stereocenters. The lowest BCUT2D eigenvalue weighted by atomic mass is 9.80. The summed E-state index contributed by atoms with van der Waals surface area (Å²) < 4.78 is 0. The Labute approximate surface area is 102 Å². The van der Waals surface area contributed by atoms with Gasteiger partial charge in [-0.3, -0.25) is 14.5 Å². The van der Waals surface area contributed by atoms with Gasteiger partial charge in [-0.25, -0.2) is 0 Å². The van der Waals surface area contributed by atoms with E-state index in [0.29, 0.717) is 39.0 Å². The van der Waals surface area contributed by atoms with Crippen molar-refractivity contribution in [2.24, 2.45) is 5.41 Å². The van der Waals surface area contributed by atoms with Gasteiger partial charge in [0.1, 0.15) is 0 Å². The minimum absolute atomic E-state index is 0.0331. The van der Waals surface area contributed by atoms with Crippen LogP contribution < -0.4 is 5.32 Å². The van der Waals surface area contributed by atoms with Gasteiger partial charge in [0, 0.05) is 6.54 Å². The monoisotopic (exact) mass is 242 g/mol. The normalized spacial score (nSPS) is 19.9. The molecule has 0 aliphatic carbocycles. The van der Waals surface area contributed by atoms with Crippen LogP contribution in [0.5, 0.6) is 0 Å². The fraction of sp³-hybridized carbons (Fsp3) is 0.833. The van der Waals surface area contributed by atoms with Crippen molar-refractivity contribution in [2.75, 3.05) is 26.2 Å². The van der Waals surface area contributed by atoms with E-state index in [0.717, 1.165) is 6.42 Å². The van der Waals surface area contributed by atoms with Gasteiger partial charge in [0.05, 0.1) is 12.0 Å². The molecule has 0 atom stereocenters. The molecule has 0 bridgehead atoms. The van der Waals surface area contributed by atoms with E-state index in [1.807, 2.05) is 11.8 Å². The maximum absolute atomic E-state index is 11.5. The number of carboxylic acids is 1. The number of piperidine rings is 1. The van der Waals surface area contributed by atoms with Gasteiger partial charge in [-0.15, -0.1) is 0 Å². The molecule has 1 saturated heterocycles. The molecule has 5 heteroatoms. The van der Waals surface area contributed by atoms with E-state index in [4.69, 9.17) is 5.11 Å². The summed E-state index contributed by atoms with van der Waals surface area (Å²) in [4.78, 5) is 24.6. The summed E-state index contributed by atoms with van der Waals surface area (Å²) in [5.41, 5.74) is -0.615. The van der Waals surface area contributed by atoms with Crippen LogP contribution in [0.25, 0.3) is 0 Å². The fourth-order valence-electron chi connectivity index (χ4n) is 1.94. The van der Waals surface area contributed by atoms with Crippen LogP contribution in [0, 0.1) is 5.41 Å². The molecule has 5 nitrogen and oxygen atoms in total. The van der Waals surface area contributed by atoms with Crippen molar-refractivity contribution in [3.05, 3.63) is 0 Å². The average molecular weight is 242 g/mol. The first kappa shape index (κ1) is 14.0. The molecule has 0 aromatic heterocycles. The highest BCUT2D eigenvalue weighted by atomic mass is 16.4. The van der Waals surface area contributed by atoms with Crippen LogP contribution >= 0.6 is 0 Å². The predicted octanol–water partition coefficient (Wildman–Crippen LogP) is 0.699. The molecule has 1 aliphatic rings. The van der Waals surface area contributed by atoms with Gasteiger partial charge in [-0.05, 0) is 39.3 Å². The van der Waals surface area contributed by atoms with Crippen molar-refractivity contribution in [3.63, 3.8) is 0 Å². The molecule has 98 valence electrons. The molecule has 1 aliphatic heterocycles. The Balaban J connectivity index is 2.32. The van der Waals surface area contributed by atoms with Crippen LogP contribution in [0.1, 0.15) is 33.1 Å². The lowest BCUT2D eigenvalue weighted by Gasteiger charge is -2.35. The van der Waals surface area contributed by atoms with Gasteiger partial charge in [-0.1, -0.05) is 6.92 Å². The smallest absolute Gasteiger partial charge is 0.309 e. The second-order valence-electron chi connectivity index (χ2n) is 4.99. The number of likely N-dealkylation sites (tertiary alicyclic amines) is 1. The molecule has 0 aromatic carbocycles. The summed E-state index contributed by atoms with van der Waals surface area (Å²) in [5, 5.41) is 11.9. The number of carbonyl (C=O) groups excluding carboxylic acids is 1. The molecular weight excluding hydrogens is 220 g/mol. The highest BCUT2D eigenvalue weighted by Crippen LogP contribution is 2.30. The van der Waals surface area contributed by atoms with E-state index in [-0.39, 0.29) is 5.91 Å². The predicted molar refractivity (Wildman–Crippen MR) is 64.7 cm³/mol. The Kier molecular flexibility index (Phi) is 4.93. The second-order valence-corrected chi connectivity index (χ2v) is 4.99. The molecule has 1 amide bonds. The first-order chi connectivity index (χ1) is 7.98. The van der Waals surface area contributed by atoms with Crippen molar-refractivity contribution < 1.29 is 14.7 Å². The van der Waals surface area contributed by atoms with Crippen molar-refractivity contribution in [1.82, 2.24) is 10.2 Å². The number of aliphatic carboxylic acids is 1. The third kappa shape index (κ3) is 4.00. The van der Waals surface area contributed by atoms with Crippen molar-refractivity contribution >= 4 is 11.9 Å². The fourth-order valence-corrected chi connectivity index (χ4v) is 1.94. The van der Waals surface area contributed by atoms with Crippen LogP contribution in [0.15, 0.2) is 0 Å². The molecule has 0 aromatic rings. The Hall–Kier alpha value is -1.10. The SMILES string of the molecule is CCCNC(=O)CN1CCC(C)(C(=O)O)CC1. The van der Waals surface area contributed by atoms with Gasteiger partial charge in [0.15, 0.2) is 0 Å². The topological polar surface area (TPSA) is 69.6 Å². The van der Waals surface area contributed by atoms with Crippen LogP contribution in [-0.2, 0) is 9.59 Å². The third-order valence-electron chi connectivity index (χ3n) is 3.42. The average Bonchev–Trinajstić information content (AvgIpc) is 2.29. The minimum Gasteiger partial charge on any atom is -0.481 e. The molecule has 1 heterocycles. The summed E-state index contributed by atoms with van der Waals surface area (Å²) in [6.07, 6.45) is 2.16. The minimum atomic E-state index is -0.729. The quantitative estimate of drug-likeness (QED) is 0.744. The first-order valence-corrected chi connectivity index (χ1v) is 6.20. The van der Waals surface area contributed by atoms with Gasteiger partial charge in [0.25, 0.3) is 0 Å². The van der Waals surface area contributed by atoms with Gasteiger partial charge in [0.2, 0.25) is 5.91 Å². The summed E-state index contributed by atoms with van der Waals surface area (Å²) in [5.74, 6) is -0.696. The first-order valence-electron chi connectivity index (χ1n) is 6.20. The second kappa shape index (κ2) is 6.00. The van der Waals surface area contributed by atoms with Crippen LogP contribution in [0.4, 0.5) is 0 Å². The zero-order chi connectivity index (χ0) is 12.9. The van der Waals surface area contributed by atoms with Crippen molar-refractivity contribution in [3.8, 4) is 0 Å². The zero-order valence-electron chi connectivity index (χ0n) is 10.7. The largest absolute Gasteiger partial charge is 0.481 e. The Morgan fingerprint density at radius 2 is 1.94 bits per heavy atom. The van der Waals surface area contributed by atoms with E-state index in [1.54, 1.807) is 6.92 Å². The molecule has 0 spiro atoms. The summed E-state index contributed by atoms with van der Waals surface area (Å²) in [6, 6.07) is 0. The zero-order valence-corrected chi connectivity index (χ0v) is 10.7. The number of nitrogens with zero attached hydrogens (tertiary/aromatic N) is 1. The van der Waals surface area contributed by atoms with E-state index in [2.05, 4.69) is 5.32 Å². The highest BCUT2D eigenvalue weighted by Gasteiger charge is 2.36. The highest BCUT2D eigenvalue weighted by molar-refractivity contribution is 5.78. The van der Waals surface area contributed by atoms with Gasteiger partial charge < -0.3 is 10.4 Å². The van der Waals surface area contributed by atoms with Gasteiger partial charge in [-0.2, -0.15) is 0 Å². The molecule has 17 heavy (non-hydrogen) atoms. The number of hydrogen-bond acceptors (Lipinski definition) is 3. The van der Waals surface area contributed by atoms with Crippen molar-refractivity contribution in [2.45, 2.75) is 33.1 Å². The number of carbonyl (C=O) groups is 2. The number of nitrogens with one attached hydrogen (secondary N) is 1. The van der Waals surface area contributed by atoms with E-state index >= 15 is 0 Å². The third-order valence-corrected chi connectivity index (χ3v) is 3.42. The summed E-state index contributed by atoms with van der Waals surface area (Å²) in [6.45, 7) is 6.25. The lowest BCUT2D eigenvalue weighted by Crippen LogP contribution is -2.46. The van der Waals surface area contributed by atoms with E-state index in [9.17, 15) is 9.59 Å². The number of hydrogen-bond donors (Lipinski definition) is 2. The number of carboxylic acid groups (broad SMARTS) is 1. The molecular formula is C12H22N2O3.